The van der Waals surface area contributed by atoms with Crippen LogP contribution >= 0.6 is 11.6 Å². The zero-order valence-electron chi connectivity index (χ0n) is 8.62. The predicted molar refractivity (Wildman–Crippen MR) is 60.2 cm³/mol. The van der Waals surface area contributed by atoms with Crippen LogP contribution in [0.1, 0.15) is 16.8 Å². The number of halogens is 1. The summed E-state index contributed by atoms with van der Waals surface area (Å²) >= 11 is 5.81. The van der Waals surface area contributed by atoms with Crippen LogP contribution < -0.4 is 0 Å². The lowest BCUT2D eigenvalue weighted by Gasteiger charge is -1.95. The van der Waals surface area contributed by atoms with Crippen molar-refractivity contribution in [3.8, 4) is 11.8 Å². The highest BCUT2D eigenvalue weighted by Gasteiger charge is 2.06. The highest BCUT2D eigenvalue weighted by atomic mass is 35.5. The quantitative estimate of drug-likeness (QED) is 0.342. The molecular weight excluding hydrogens is 228 g/mol. The number of hydrogen-bond donors (Lipinski definition) is 0. The summed E-state index contributed by atoms with van der Waals surface area (Å²) in [6.07, 6.45) is -0.104. The third-order valence-electron chi connectivity index (χ3n) is 1.78. The fourth-order valence-electron chi connectivity index (χ4n) is 0.981. The maximum atomic E-state index is 11.5. The minimum Gasteiger partial charge on any atom is -0.468 e. The second-order valence-corrected chi connectivity index (χ2v) is 3.27. The molecule has 0 saturated heterocycles. The second-order valence-electron chi connectivity index (χ2n) is 2.86. The van der Waals surface area contributed by atoms with E-state index in [-0.39, 0.29) is 6.42 Å². The first kappa shape index (κ1) is 12.3. The van der Waals surface area contributed by atoms with Gasteiger partial charge < -0.3 is 4.74 Å². The van der Waals surface area contributed by atoms with Gasteiger partial charge in [-0.1, -0.05) is 29.7 Å². The molecule has 1 rings (SSSR count). The van der Waals surface area contributed by atoms with Gasteiger partial charge in [0.25, 0.3) is 0 Å². The summed E-state index contributed by atoms with van der Waals surface area (Å²) < 4.78 is 4.38. The summed E-state index contributed by atoms with van der Waals surface area (Å²) in [4.78, 5) is 22.3. The number of carbonyl (C=O) groups is 2. The van der Waals surface area contributed by atoms with E-state index in [1.165, 1.54) is 7.11 Å². The molecule has 0 aromatic heterocycles. The van der Waals surface area contributed by atoms with E-state index in [9.17, 15) is 9.59 Å². The summed E-state index contributed by atoms with van der Waals surface area (Å²) in [5.41, 5.74) is 0.335. The molecule has 0 N–H and O–H groups in total. The van der Waals surface area contributed by atoms with Crippen molar-refractivity contribution in [1.82, 2.24) is 0 Å². The van der Waals surface area contributed by atoms with Gasteiger partial charge in [-0.2, -0.15) is 0 Å². The van der Waals surface area contributed by atoms with Crippen molar-refractivity contribution in [1.29, 1.82) is 0 Å². The van der Waals surface area contributed by atoms with E-state index in [2.05, 4.69) is 16.6 Å². The van der Waals surface area contributed by atoms with Gasteiger partial charge in [-0.25, -0.2) is 0 Å². The molecule has 0 aliphatic carbocycles. The van der Waals surface area contributed by atoms with E-state index >= 15 is 0 Å². The first-order valence-corrected chi connectivity index (χ1v) is 4.87. The largest absolute Gasteiger partial charge is 0.468 e. The minimum atomic E-state index is -0.473. The molecule has 0 atom stereocenters. The average Bonchev–Trinajstić information content (AvgIpc) is 2.29. The average molecular weight is 237 g/mol. The third-order valence-corrected chi connectivity index (χ3v) is 2.11. The van der Waals surface area contributed by atoms with E-state index in [1.807, 2.05) is 0 Å². The van der Waals surface area contributed by atoms with Crippen LogP contribution in [-0.2, 0) is 9.53 Å². The maximum absolute atomic E-state index is 11.5. The minimum absolute atomic E-state index is 0.104. The molecule has 82 valence electrons. The Labute approximate surface area is 98.4 Å². The molecule has 1 aromatic rings. The van der Waals surface area contributed by atoms with E-state index < -0.39 is 11.8 Å². The van der Waals surface area contributed by atoms with E-state index in [0.29, 0.717) is 10.6 Å². The zero-order valence-corrected chi connectivity index (χ0v) is 9.38. The molecular formula is C12H9ClO3. The fourth-order valence-corrected chi connectivity index (χ4v) is 1.20. The van der Waals surface area contributed by atoms with Gasteiger partial charge in [0.2, 0.25) is 5.78 Å². The van der Waals surface area contributed by atoms with E-state index in [1.54, 1.807) is 24.3 Å². The van der Waals surface area contributed by atoms with Gasteiger partial charge in [0, 0.05) is 5.56 Å². The van der Waals surface area contributed by atoms with Crippen molar-refractivity contribution >= 4 is 23.4 Å². The number of hydrogen-bond acceptors (Lipinski definition) is 3. The van der Waals surface area contributed by atoms with E-state index in [0.717, 1.165) is 0 Å². The highest BCUT2D eigenvalue weighted by Crippen LogP contribution is 2.14. The van der Waals surface area contributed by atoms with Crippen LogP contribution in [0.5, 0.6) is 0 Å². The Bertz CT molecular complexity index is 469. The lowest BCUT2D eigenvalue weighted by molar-refractivity contribution is -0.139. The van der Waals surface area contributed by atoms with Crippen LogP contribution in [0.4, 0.5) is 0 Å². The summed E-state index contributed by atoms with van der Waals surface area (Å²) in [7, 11) is 1.26. The number of ketones is 1. The predicted octanol–water partition coefficient (Wildman–Crippen LogP) is 2.09. The SMILES string of the molecule is COC(=O)CC#CC(=O)c1ccccc1Cl. The van der Waals surface area contributed by atoms with Gasteiger partial charge in [0.15, 0.2) is 0 Å². The summed E-state index contributed by atoms with van der Waals surface area (Å²) in [5, 5.41) is 0.347. The molecule has 3 nitrogen and oxygen atoms in total. The molecule has 0 spiro atoms. The van der Waals surface area contributed by atoms with Crippen LogP contribution in [0.2, 0.25) is 5.02 Å². The topological polar surface area (TPSA) is 43.4 Å². The molecule has 0 aliphatic heterocycles. The van der Waals surface area contributed by atoms with Crippen molar-refractivity contribution < 1.29 is 14.3 Å². The number of benzene rings is 1. The lowest BCUT2D eigenvalue weighted by atomic mass is 10.1. The van der Waals surface area contributed by atoms with Crippen LogP contribution in [0.3, 0.4) is 0 Å². The third kappa shape index (κ3) is 3.41. The smallest absolute Gasteiger partial charge is 0.317 e. The van der Waals surface area contributed by atoms with Crippen molar-refractivity contribution in [2.75, 3.05) is 7.11 Å². The Hall–Kier alpha value is -1.79. The number of methoxy groups -OCH3 is 1. The summed E-state index contributed by atoms with van der Waals surface area (Å²) in [6, 6.07) is 6.61. The number of rotatable bonds is 2. The molecule has 1 aromatic carbocycles. The molecule has 0 aliphatic rings. The second kappa shape index (κ2) is 5.94. The van der Waals surface area contributed by atoms with Crippen LogP contribution in [0, 0.1) is 11.8 Å². The standard InChI is InChI=1S/C12H9ClO3/c1-16-12(15)8-4-7-11(14)9-5-2-3-6-10(9)13/h2-3,5-6H,8H2,1H3. The molecule has 0 heterocycles. The molecule has 0 saturated carbocycles. The van der Waals surface area contributed by atoms with Crippen LogP contribution in [0.25, 0.3) is 0 Å². The molecule has 0 amide bonds. The van der Waals surface area contributed by atoms with E-state index in [4.69, 9.17) is 11.6 Å². The van der Waals surface area contributed by atoms with Crippen molar-refractivity contribution in [3.05, 3.63) is 34.9 Å². The van der Waals surface area contributed by atoms with Gasteiger partial charge in [-0.15, -0.1) is 0 Å². The number of esters is 1. The maximum Gasteiger partial charge on any atom is 0.317 e. The molecule has 4 heteroatoms. The summed E-state index contributed by atoms with van der Waals surface area (Å²) in [6.45, 7) is 0. The lowest BCUT2D eigenvalue weighted by Crippen LogP contribution is -1.99. The van der Waals surface area contributed by atoms with Crippen LogP contribution in [0.15, 0.2) is 24.3 Å². The van der Waals surface area contributed by atoms with Gasteiger partial charge in [-0.3, -0.25) is 9.59 Å². The van der Waals surface area contributed by atoms with Gasteiger partial charge in [0.1, 0.15) is 6.42 Å². The molecule has 0 unspecified atom stereocenters. The van der Waals surface area contributed by atoms with Crippen LogP contribution in [-0.4, -0.2) is 18.9 Å². The molecule has 0 fully saturated rings. The Morgan fingerprint density at radius 1 is 1.38 bits per heavy atom. The number of ether oxygens (including phenoxy) is 1. The highest BCUT2D eigenvalue weighted by molar-refractivity contribution is 6.35. The zero-order chi connectivity index (χ0) is 12.0. The normalized spacial score (nSPS) is 8.88. The number of carbonyl (C=O) groups excluding carboxylic acids is 2. The summed E-state index contributed by atoms with van der Waals surface area (Å²) in [5.74, 6) is 3.88. The van der Waals surface area contributed by atoms with Gasteiger partial charge >= 0.3 is 5.97 Å². The first-order chi connectivity index (χ1) is 7.65. The molecule has 16 heavy (non-hydrogen) atoms. The monoisotopic (exact) mass is 236 g/mol. The fraction of sp³-hybridized carbons (Fsp3) is 0.167. The van der Waals surface area contributed by atoms with Gasteiger partial charge in [-0.05, 0) is 18.1 Å². The van der Waals surface area contributed by atoms with Crippen molar-refractivity contribution in [2.24, 2.45) is 0 Å². The molecule has 0 bridgehead atoms. The Balaban J connectivity index is 2.73. The first-order valence-electron chi connectivity index (χ1n) is 4.49. The van der Waals surface area contributed by atoms with Crippen molar-refractivity contribution in [2.45, 2.75) is 6.42 Å². The van der Waals surface area contributed by atoms with Gasteiger partial charge in [0.05, 0.1) is 12.1 Å². The van der Waals surface area contributed by atoms with Crippen molar-refractivity contribution in [3.63, 3.8) is 0 Å². The Morgan fingerprint density at radius 3 is 2.69 bits per heavy atom. The Kier molecular flexibility index (Phi) is 4.56. The molecule has 0 radical (unpaired) electrons. The number of Topliss-reactive ketones (excluding diaryl/α,β-unsaturated/α-hetero) is 1. The Morgan fingerprint density at radius 2 is 2.06 bits per heavy atom.